The number of aliphatic hydroxyl groups is 1. The molecule has 4 aromatic carbocycles. The second-order valence-electron chi connectivity index (χ2n) is 21.7. The van der Waals surface area contributed by atoms with Gasteiger partial charge in [0.15, 0.2) is 0 Å². The van der Waals surface area contributed by atoms with Crippen molar-refractivity contribution in [1.29, 1.82) is 0 Å². The minimum atomic E-state index is -0.285. The van der Waals surface area contributed by atoms with Gasteiger partial charge in [0.2, 0.25) is 11.8 Å². The highest BCUT2D eigenvalue weighted by atomic mass is 32.2. The molecule has 3 N–H and O–H groups in total. The zero-order valence-electron chi connectivity index (χ0n) is 47.2. The Morgan fingerprint density at radius 2 is 1.25 bits per heavy atom. The van der Waals surface area contributed by atoms with E-state index in [1.165, 1.54) is 48.3 Å². The van der Waals surface area contributed by atoms with E-state index in [0.717, 1.165) is 100 Å². The van der Waals surface area contributed by atoms with E-state index in [0.29, 0.717) is 25.0 Å². The molecular formula is C64H89N5O4S3. The van der Waals surface area contributed by atoms with Crippen LogP contribution in [0.4, 0.5) is 0 Å². The maximum atomic E-state index is 12.2. The molecule has 0 spiro atoms. The first-order chi connectivity index (χ1) is 36.4. The molecule has 1 aromatic heterocycles. The van der Waals surface area contributed by atoms with Crippen LogP contribution in [0.2, 0.25) is 0 Å². The molecule has 76 heavy (non-hydrogen) atoms. The Hall–Kier alpha value is -4.69. The van der Waals surface area contributed by atoms with E-state index in [9.17, 15) is 19.5 Å². The van der Waals surface area contributed by atoms with Crippen LogP contribution < -0.4 is 10.6 Å². The molecule has 0 radical (unpaired) electrons. The fraction of sp³-hybridized carbons (Fsp3) is 0.469. The Bertz CT molecular complexity index is 2370. The van der Waals surface area contributed by atoms with Crippen LogP contribution in [0.5, 0.6) is 0 Å². The van der Waals surface area contributed by atoms with Crippen molar-refractivity contribution in [3.8, 4) is 0 Å². The molecule has 0 bridgehead atoms. The summed E-state index contributed by atoms with van der Waals surface area (Å²) in [5, 5.41) is 16.6. The maximum absolute atomic E-state index is 12.2. The summed E-state index contributed by atoms with van der Waals surface area (Å²) in [5.74, 6) is 1.40. The van der Waals surface area contributed by atoms with Crippen LogP contribution in [0.25, 0.3) is 6.08 Å². The zero-order chi connectivity index (χ0) is 55.1. The van der Waals surface area contributed by atoms with Crippen molar-refractivity contribution in [2.75, 3.05) is 53.6 Å². The van der Waals surface area contributed by atoms with Gasteiger partial charge in [-0.2, -0.15) is 0 Å². The first-order valence-electron chi connectivity index (χ1n) is 27.4. The van der Waals surface area contributed by atoms with E-state index in [2.05, 4.69) is 179 Å². The topological polar surface area (TPSA) is 115 Å². The summed E-state index contributed by atoms with van der Waals surface area (Å²) in [5.41, 5.74) is 6.25. The van der Waals surface area contributed by atoms with Gasteiger partial charge in [-0.25, -0.2) is 4.98 Å². The zero-order valence-corrected chi connectivity index (χ0v) is 49.7. The predicted molar refractivity (Wildman–Crippen MR) is 323 cm³/mol. The summed E-state index contributed by atoms with van der Waals surface area (Å²) in [7, 11) is 8.34. The molecule has 1 fully saturated rings. The fourth-order valence-corrected chi connectivity index (χ4v) is 11.1. The van der Waals surface area contributed by atoms with Gasteiger partial charge in [0.05, 0.1) is 6.10 Å². The summed E-state index contributed by atoms with van der Waals surface area (Å²) < 4.78 is 0. The summed E-state index contributed by atoms with van der Waals surface area (Å²) in [6, 6.07) is 38.0. The molecule has 412 valence electrons. The average molecular weight is 1090 g/mol. The van der Waals surface area contributed by atoms with Crippen molar-refractivity contribution in [3.63, 3.8) is 0 Å². The Labute approximate surface area is 470 Å². The summed E-state index contributed by atoms with van der Waals surface area (Å²) in [6.07, 6.45) is 17.3. The Kier molecular flexibility index (Phi) is 30.0. The molecule has 9 nitrogen and oxygen atoms in total. The van der Waals surface area contributed by atoms with E-state index in [4.69, 9.17) is 0 Å². The third kappa shape index (κ3) is 28.1. The smallest absolute Gasteiger partial charge is 0.244 e. The highest BCUT2D eigenvalue weighted by Crippen LogP contribution is 2.33. The number of carbonyl (C=O) groups excluding carboxylic acids is 3. The first kappa shape index (κ1) is 63.8. The highest BCUT2D eigenvalue weighted by molar-refractivity contribution is 7.99. The molecule has 2 atom stereocenters. The van der Waals surface area contributed by atoms with Crippen LogP contribution in [0, 0.1) is 19.3 Å². The van der Waals surface area contributed by atoms with Gasteiger partial charge in [0, 0.05) is 75.0 Å². The second kappa shape index (κ2) is 35.7. The number of amides is 2. The van der Waals surface area contributed by atoms with Crippen LogP contribution in [-0.2, 0) is 27.2 Å². The van der Waals surface area contributed by atoms with Crippen molar-refractivity contribution in [2.24, 2.45) is 5.41 Å². The molecule has 1 saturated carbocycles. The van der Waals surface area contributed by atoms with E-state index >= 15 is 0 Å². The van der Waals surface area contributed by atoms with Gasteiger partial charge in [0.25, 0.3) is 0 Å². The molecule has 2 unspecified atom stereocenters. The normalized spacial score (nSPS) is 14.4. The third-order valence-electron chi connectivity index (χ3n) is 12.5. The van der Waals surface area contributed by atoms with Crippen LogP contribution in [-0.4, -0.2) is 103 Å². The summed E-state index contributed by atoms with van der Waals surface area (Å²) in [6.45, 7) is 13.7. The fourth-order valence-electron chi connectivity index (χ4n) is 8.18. The number of rotatable bonds is 26. The Balaban J connectivity index is 0.000000247. The van der Waals surface area contributed by atoms with E-state index in [1.807, 2.05) is 24.3 Å². The number of hydrogen-bond acceptors (Lipinski definition) is 10. The molecular weight excluding hydrogens is 999 g/mol. The molecule has 2 amide bonds. The number of unbranched alkanes of at least 4 members (excludes halogenated alkanes) is 3. The number of aliphatic hydroxyl groups excluding tert-OH is 1. The Morgan fingerprint density at radius 3 is 1.82 bits per heavy atom. The number of Topliss-reactive ketones (excluding diaryl/α,β-unsaturated/α-hetero) is 1. The lowest BCUT2D eigenvalue weighted by molar-refractivity contribution is -0.121. The SMILES string of the molecule is CC(C)(C)CSc1ncccc1/C=C/C(=O)NC1CCCC(O)C1.Cc1ccc(Sc2ccccc2CCC(=O)CCCCCN(C)C)cc1.Cc1ccc(Sc2ccccc2CCC(=O)NCCCCN(C)C)cc1. The molecule has 5 aromatic rings. The lowest BCUT2D eigenvalue weighted by Crippen LogP contribution is -2.38. The maximum Gasteiger partial charge on any atom is 0.244 e. The number of nitrogens with one attached hydrogen (secondary N) is 2. The summed E-state index contributed by atoms with van der Waals surface area (Å²) >= 11 is 5.27. The molecule has 1 aliphatic carbocycles. The summed E-state index contributed by atoms with van der Waals surface area (Å²) in [4.78, 5) is 50.2. The van der Waals surface area contributed by atoms with Crippen molar-refractivity contribution in [1.82, 2.24) is 25.4 Å². The highest BCUT2D eigenvalue weighted by Gasteiger charge is 2.21. The standard InChI is InChI=1S/C23H31NOS.C22H30N2OS.C19H28N2O2S/c1-19-12-16-22(17-13-19)26-23-11-7-6-9-20(23)14-15-21(25)10-5-4-8-18-24(2)3;1-18-10-13-20(14-11-18)26-21-9-5-4-8-19(21)12-15-22(25)23-16-6-7-17-24(2)3;1-19(2,3)13-24-18-14(6-5-11-20-18)9-10-17(23)21-15-7-4-8-16(22)12-15/h6-7,9,11-13,16-17H,4-5,8,10,14-15,18H2,1-3H3;4-5,8-11,13-14H,6-7,12,15-17H2,1-3H3,(H,23,25);5-6,9-11,15-16,22H,4,7-8,12-13H2,1-3H3,(H,21,23)/b;;10-9+. The van der Waals surface area contributed by atoms with Gasteiger partial charge in [-0.15, -0.1) is 11.8 Å². The van der Waals surface area contributed by atoms with Crippen molar-refractivity contribution in [3.05, 3.63) is 149 Å². The van der Waals surface area contributed by atoms with E-state index < -0.39 is 0 Å². The van der Waals surface area contributed by atoms with Crippen molar-refractivity contribution >= 4 is 59.0 Å². The lowest BCUT2D eigenvalue weighted by Gasteiger charge is -2.26. The first-order valence-corrected chi connectivity index (χ1v) is 30.0. The monoisotopic (exact) mass is 1090 g/mol. The van der Waals surface area contributed by atoms with Gasteiger partial charge in [-0.1, -0.05) is 129 Å². The largest absolute Gasteiger partial charge is 0.393 e. The average Bonchev–Trinajstić information content (AvgIpc) is 3.38. The predicted octanol–water partition coefficient (Wildman–Crippen LogP) is 14.0. The minimum absolute atomic E-state index is 0.0783. The van der Waals surface area contributed by atoms with Gasteiger partial charge in [-0.05, 0) is 184 Å². The number of aromatic nitrogens is 1. The molecule has 0 aliphatic heterocycles. The Morgan fingerprint density at radius 1 is 0.684 bits per heavy atom. The third-order valence-corrected chi connectivity index (χ3v) is 16.4. The number of aryl methyl sites for hydroxylation is 4. The number of pyridine rings is 1. The minimum Gasteiger partial charge on any atom is -0.393 e. The number of thioether (sulfide) groups is 1. The number of hydrogen-bond donors (Lipinski definition) is 3. The number of nitrogens with zero attached hydrogens (tertiary/aromatic N) is 3. The number of ketones is 1. The van der Waals surface area contributed by atoms with Gasteiger partial charge < -0.3 is 25.5 Å². The van der Waals surface area contributed by atoms with Crippen molar-refractivity contribution < 1.29 is 19.5 Å². The van der Waals surface area contributed by atoms with Gasteiger partial charge in [0.1, 0.15) is 10.8 Å². The quantitative estimate of drug-likeness (QED) is 0.0281. The molecule has 1 heterocycles. The lowest BCUT2D eigenvalue weighted by atomic mass is 9.93. The van der Waals surface area contributed by atoms with Crippen LogP contribution in [0.1, 0.15) is 126 Å². The van der Waals surface area contributed by atoms with Crippen LogP contribution in [0.15, 0.2) is 146 Å². The van der Waals surface area contributed by atoms with Crippen LogP contribution in [0.3, 0.4) is 0 Å². The molecule has 6 rings (SSSR count). The van der Waals surface area contributed by atoms with Gasteiger partial charge in [-0.3, -0.25) is 14.4 Å². The molecule has 0 saturated heterocycles. The van der Waals surface area contributed by atoms with Gasteiger partial charge >= 0.3 is 0 Å². The van der Waals surface area contributed by atoms with Crippen LogP contribution >= 0.6 is 35.3 Å². The molecule has 12 heteroatoms. The number of carbonyl (C=O) groups is 3. The van der Waals surface area contributed by atoms with Crippen molar-refractivity contribution in [2.45, 2.75) is 161 Å². The van der Waals surface area contributed by atoms with E-state index in [-0.39, 0.29) is 29.4 Å². The van der Waals surface area contributed by atoms with E-state index in [1.54, 1.807) is 47.6 Å². The molecule has 1 aliphatic rings. The number of benzene rings is 4. The second-order valence-corrected chi connectivity index (χ2v) is 24.9.